The van der Waals surface area contributed by atoms with E-state index in [-0.39, 0.29) is 6.09 Å². The Balaban J connectivity index is 1.76. The first-order valence-electron chi connectivity index (χ1n) is 7.03. The van der Waals surface area contributed by atoms with Gasteiger partial charge in [0.05, 0.1) is 6.54 Å². The summed E-state index contributed by atoms with van der Waals surface area (Å²) in [6, 6.07) is 5.60. The van der Waals surface area contributed by atoms with Crippen LogP contribution in [0.1, 0.15) is 25.0 Å². The second kappa shape index (κ2) is 5.23. The van der Waals surface area contributed by atoms with Crippen molar-refractivity contribution in [2.75, 3.05) is 11.4 Å². The molecule has 3 rings (SSSR count). The minimum absolute atomic E-state index is 0.361. The minimum Gasteiger partial charge on any atom is -0.441 e. The fourth-order valence-electron chi connectivity index (χ4n) is 2.28. The van der Waals surface area contributed by atoms with Gasteiger partial charge in [0.25, 0.3) is 0 Å². The van der Waals surface area contributed by atoms with Gasteiger partial charge < -0.3 is 9.30 Å². The highest BCUT2D eigenvalue weighted by atomic mass is 16.6. The van der Waals surface area contributed by atoms with E-state index < -0.39 is 5.60 Å². The lowest BCUT2D eigenvalue weighted by Gasteiger charge is -2.14. The summed E-state index contributed by atoms with van der Waals surface area (Å²) < 4.78 is 7.22. The van der Waals surface area contributed by atoms with Crippen LogP contribution in [0.2, 0.25) is 0 Å². The highest BCUT2D eigenvalue weighted by molar-refractivity contribution is 5.89. The SMILES string of the molecule is Cn1ccc(C#Cc2ccc(N3CC(C)(C)OC3=O)nc2)c1. The first-order chi connectivity index (χ1) is 10.4. The van der Waals surface area contributed by atoms with Crippen LogP contribution in [0.4, 0.5) is 10.6 Å². The number of nitrogens with zero attached hydrogens (tertiary/aromatic N) is 3. The molecule has 1 amide bonds. The lowest BCUT2D eigenvalue weighted by atomic mass is 10.1. The summed E-state index contributed by atoms with van der Waals surface area (Å²) in [5.74, 6) is 6.72. The van der Waals surface area contributed by atoms with Crippen molar-refractivity contribution in [1.29, 1.82) is 0 Å². The lowest BCUT2D eigenvalue weighted by molar-refractivity contribution is 0.0871. The summed E-state index contributed by atoms with van der Waals surface area (Å²) in [6.45, 7) is 4.25. The van der Waals surface area contributed by atoms with Crippen LogP contribution in [0.15, 0.2) is 36.8 Å². The largest absolute Gasteiger partial charge is 0.441 e. The summed E-state index contributed by atoms with van der Waals surface area (Å²) in [4.78, 5) is 17.7. The normalized spacial score (nSPS) is 16.1. The zero-order chi connectivity index (χ0) is 15.7. The molecule has 0 saturated carbocycles. The van der Waals surface area contributed by atoms with E-state index in [0.717, 1.165) is 11.1 Å². The van der Waals surface area contributed by atoms with Crippen LogP contribution < -0.4 is 4.90 Å². The van der Waals surface area contributed by atoms with Gasteiger partial charge in [-0.25, -0.2) is 9.78 Å². The third-order valence-corrected chi connectivity index (χ3v) is 3.33. The molecule has 0 radical (unpaired) electrons. The van der Waals surface area contributed by atoms with Crippen LogP contribution in [0, 0.1) is 11.8 Å². The van der Waals surface area contributed by atoms with Crippen molar-refractivity contribution in [2.45, 2.75) is 19.4 Å². The predicted molar refractivity (Wildman–Crippen MR) is 83.5 cm³/mol. The third kappa shape index (κ3) is 2.96. The van der Waals surface area contributed by atoms with Gasteiger partial charge in [0, 0.05) is 36.8 Å². The molecule has 5 heteroatoms. The minimum atomic E-state index is -0.482. The van der Waals surface area contributed by atoms with Crippen molar-refractivity contribution < 1.29 is 9.53 Å². The van der Waals surface area contributed by atoms with Gasteiger partial charge in [0.15, 0.2) is 0 Å². The number of ether oxygens (including phenoxy) is 1. The van der Waals surface area contributed by atoms with Crippen molar-refractivity contribution in [3.8, 4) is 11.8 Å². The second-order valence-electron chi connectivity index (χ2n) is 5.93. The average molecular weight is 295 g/mol. The summed E-state index contributed by atoms with van der Waals surface area (Å²) >= 11 is 0. The Morgan fingerprint density at radius 3 is 2.55 bits per heavy atom. The Bertz CT molecular complexity index is 763. The van der Waals surface area contributed by atoms with Gasteiger partial charge in [-0.1, -0.05) is 11.8 Å². The molecule has 0 atom stereocenters. The molecule has 2 aromatic heterocycles. The lowest BCUT2D eigenvalue weighted by Crippen LogP contribution is -2.28. The summed E-state index contributed by atoms with van der Waals surface area (Å²) in [5.41, 5.74) is 1.28. The molecule has 0 unspecified atom stereocenters. The number of pyridine rings is 1. The molecular weight excluding hydrogens is 278 g/mol. The first kappa shape index (κ1) is 14.2. The molecule has 5 nitrogen and oxygen atoms in total. The van der Waals surface area contributed by atoms with E-state index in [4.69, 9.17) is 4.74 Å². The Hall–Kier alpha value is -2.74. The molecule has 22 heavy (non-hydrogen) atoms. The topological polar surface area (TPSA) is 47.4 Å². The summed E-state index contributed by atoms with van der Waals surface area (Å²) in [5, 5.41) is 0. The monoisotopic (exact) mass is 295 g/mol. The number of amides is 1. The molecule has 112 valence electrons. The van der Waals surface area contributed by atoms with Crippen molar-refractivity contribution in [2.24, 2.45) is 7.05 Å². The Labute approximate surface area is 129 Å². The molecule has 1 fully saturated rings. The van der Waals surface area contributed by atoms with E-state index >= 15 is 0 Å². The Morgan fingerprint density at radius 2 is 2.00 bits per heavy atom. The quantitative estimate of drug-likeness (QED) is 0.760. The average Bonchev–Trinajstić information content (AvgIpc) is 3.00. The van der Waals surface area contributed by atoms with E-state index in [1.807, 2.05) is 50.0 Å². The van der Waals surface area contributed by atoms with Gasteiger partial charge in [0.2, 0.25) is 0 Å². The van der Waals surface area contributed by atoms with Gasteiger partial charge in [-0.3, -0.25) is 4.90 Å². The van der Waals surface area contributed by atoms with E-state index in [9.17, 15) is 4.79 Å². The molecule has 1 saturated heterocycles. The van der Waals surface area contributed by atoms with Crippen LogP contribution in [0.3, 0.4) is 0 Å². The number of hydrogen-bond donors (Lipinski definition) is 0. The van der Waals surface area contributed by atoms with Crippen LogP contribution in [-0.4, -0.2) is 27.8 Å². The second-order valence-corrected chi connectivity index (χ2v) is 5.93. The fraction of sp³-hybridized carbons (Fsp3) is 0.294. The standard InChI is InChI=1S/C17H17N3O2/c1-17(2)12-20(16(21)22-17)15-7-6-13(10-18-15)4-5-14-8-9-19(3)11-14/h6-11H,12H2,1-3H3. The molecule has 1 aliphatic rings. The number of aryl methyl sites for hydroxylation is 1. The highest BCUT2D eigenvalue weighted by Gasteiger charge is 2.38. The van der Waals surface area contributed by atoms with Gasteiger partial charge in [-0.15, -0.1) is 0 Å². The van der Waals surface area contributed by atoms with E-state index in [1.54, 1.807) is 12.3 Å². The summed E-state index contributed by atoms with van der Waals surface area (Å²) in [7, 11) is 1.96. The maximum Gasteiger partial charge on any atom is 0.416 e. The fourth-order valence-corrected chi connectivity index (χ4v) is 2.28. The smallest absolute Gasteiger partial charge is 0.416 e. The van der Waals surface area contributed by atoms with Gasteiger partial charge >= 0.3 is 6.09 Å². The molecule has 0 spiro atoms. The number of hydrogen-bond acceptors (Lipinski definition) is 3. The molecule has 2 aromatic rings. The molecule has 3 heterocycles. The number of cyclic esters (lactones) is 1. The van der Waals surface area contributed by atoms with Gasteiger partial charge in [-0.05, 0) is 32.0 Å². The van der Waals surface area contributed by atoms with Crippen molar-refractivity contribution in [1.82, 2.24) is 9.55 Å². The van der Waals surface area contributed by atoms with Crippen LogP contribution in [0.25, 0.3) is 0 Å². The predicted octanol–water partition coefficient (Wildman–Crippen LogP) is 2.56. The van der Waals surface area contributed by atoms with Gasteiger partial charge in [-0.2, -0.15) is 0 Å². The molecule has 0 aliphatic carbocycles. The highest BCUT2D eigenvalue weighted by Crippen LogP contribution is 2.25. The van der Waals surface area contributed by atoms with Crippen LogP contribution in [0.5, 0.6) is 0 Å². The maximum absolute atomic E-state index is 11.8. The number of rotatable bonds is 1. The Kier molecular flexibility index (Phi) is 3.38. The van der Waals surface area contributed by atoms with Gasteiger partial charge in [0.1, 0.15) is 11.4 Å². The molecule has 0 bridgehead atoms. The molecular formula is C17H17N3O2. The number of carbonyl (C=O) groups is 1. The third-order valence-electron chi connectivity index (χ3n) is 3.33. The number of anilines is 1. The van der Waals surface area contributed by atoms with E-state index in [0.29, 0.717) is 12.4 Å². The zero-order valence-corrected chi connectivity index (χ0v) is 12.8. The molecule has 0 N–H and O–H groups in total. The Morgan fingerprint density at radius 1 is 1.23 bits per heavy atom. The van der Waals surface area contributed by atoms with Crippen LogP contribution in [-0.2, 0) is 11.8 Å². The molecule has 0 aromatic carbocycles. The van der Waals surface area contributed by atoms with Crippen molar-refractivity contribution >= 4 is 11.9 Å². The van der Waals surface area contributed by atoms with Crippen LogP contribution >= 0.6 is 0 Å². The summed E-state index contributed by atoms with van der Waals surface area (Å²) in [6.07, 6.45) is 5.22. The first-order valence-corrected chi connectivity index (χ1v) is 7.03. The number of carbonyl (C=O) groups excluding carboxylic acids is 1. The number of aromatic nitrogens is 2. The van der Waals surface area contributed by atoms with Crippen molar-refractivity contribution in [3.63, 3.8) is 0 Å². The zero-order valence-electron chi connectivity index (χ0n) is 12.8. The van der Waals surface area contributed by atoms with E-state index in [1.165, 1.54) is 4.90 Å². The van der Waals surface area contributed by atoms with Crippen molar-refractivity contribution in [3.05, 3.63) is 47.9 Å². The molecule has 1 aliphatic heterocycles. The maximum atomic E-state index is 11.8. The van der Waals surface area contributed by atoms with E-state index in [2.05, 4.69) is 16.8 Å².